The van der Waals surface area contributed by atoms with Crippen molar-refractivity contribution in [3.8, 4) is 11.5 Å². The minimum atomic E-state index is -0.0246. The number of aromatic nitrogens is 2. The van der Waals surface area contributed by atoms with Crippen LogP contribution in [0.15, 0.2) is 24.3 Å². The highest BCUT2D eigenvalue weighted by molar-refractivity contribution is 6.29. The van der Waals surface area contributed by atoms with Gasteiger partial charge in [0.25, 0.3) is 0 Å². The Morgan fingerprint density at radius 1 is 1.12 bits per heavy atom. The predicted molar refractivity (Wildman–Crippen MR) is 98.2 cm³/mol. The summed E-state index contributed by atoms with van der Waals surface area (Å²) < 4.78 is 11.1. The minimum Gasteiger partial charge on any atom is -0.486 e. The van der Waals surface area contributed by atoms with E-state index in [2.05, 4.69) is 14.9 Å². The van der Waals surface area contributed by atoms with Crippen LogP contribution in [-0.2, 0) is 0 Å². The summed E-state index contributed by atoms with van der Waals surface area (Å²) in [7, 11) is 0. The van der Waals surface area contributed by atoms with Crippen LogP contribution < -0.4 is 20.1 Å². The molecule has 136 valence electrons. The second-order valence-corrected chi connectivity index (χ2v) is 6.78. The van der Waals surface area contributed by atoms with Crippen molar-refractivity contribution in [2.75, 3.05) is 36.9 Å². The number of rotatable bonds is 3. The fraction of sp³-hybridized carbons (Fsp3) is 0.389. The molecule has 2 aliphatic rings. The molecule has 0 bridgehead atoms. The van der Waals surface area contributed by atoms with E-state index in [9.17, 15) is 4.79 Å². The lowest BCUT2D eigenvalue weighted by atomic mass is 9.88. The van der Waals surface area contributed by atoms with Crippen LogP contribution in [0, 0.1) is 5.92 Å². The first-order valence-corrected chi connectivity index (χ1v) is 8.97. The number of carbonyl (C=O) groups excluding carboxylic acids is 1. The van der Waals surface area contributed by atoms with Crippen molar-refractivity contribution in [2.24, 2.45) is 5.92 Å². The van der Waals surface area contributed by atoms with Gasteiger partial charge in [0.05, 0.1) is 0 Å². The molecule has 0 spiro atoms. The second-order valence-electron chi connectivity index (χ2n) is 6.39. The largest absolute Gasteiger partial charge is 0.486 e. The van der Waals surface area contributed by atoms with Gasteiger partial charge in [-0.1, -0.05) is 11.6 Å². The van der Waals surface area contributed by atoms with E-state index in [1.807, 2.05) is 12.1 Å². The maximum absolute atomic E-state index is 12.9. The molecule has 0 atom stereocenters. The maximum Gasteiger partial charge on any atom is 0.223 e. The molecule has 1 aromatic heterocycles. The van der Waals surface area contributed by atoms with Crippen LogP contribution in [-0.4, -0.2) is 42.1 Å². The van der Waals surface area contributed by atoms with Gasteiger partial charge < -0.3 is 20.1 Å². The van der Waals surface area contributed by atoms with E-state index >= 15 is 0 Å². The lowest BCUT2D eigenvalue weighted by Gasteiger charge is -2.32. The van der Waals surface area contributed by atoms with Crippen LogP contribution >= 0.6 is 11.6 Å². The van der Waals surface area contributed by atoms with E-state index in [0.717, 1.165) is 12.8 Å². The highest BCUT2D eigenvalue weighted by Gasteiger charge is 2.27. The Kier molecular flexibility index (Phi) is 4.55. The smallest absolute Gasteiger partial charge is 0.223 e. The molecule has 8 heteroatoms. The number of benzene rings is 1. The molecule has 0 amide bonds. The van der Waals surface area contributed by atoms with Gasteiger partial charge in [-0.25, -0.2) is 4.98 Å². The Balaban J connectivity index is 1.43. The highest BCUT2D eigenvalue weighted by Crippen LogP contribution is 2.33. The highest BCUT2D eigenvalue weighted by atomic mass is 35.5. The summed E-state index contributed by atoms with van der Waals surface area (Å²) in [4.78, 5) is 23.0. The number of ether oxygens (including phenoxy) is 2. The topological polar surface area (TPSA) is 90.6 Å². The number of piperidine rings is 1. The number of nitrogen functional groups attached to an aromatic ring is 1. The molecule has 4 rings (SSSR count). The van der Waals surface area contributed by atoms with Crippen molar-refractivity contribution < 1.29 is 14.3 Å². The number of fused-ring (bicyclic) bond motifs is 1. The van der Waals surface area contributed by atoms with Gasteiger partial charge in [-0.2, -0.15) is 4.98 Å². The number of nitrogens with zero attached hydrogens (tertiary/aromatic N) is 3. The van der Waals surface area contributed by atoms with E-state index in [1.165, 1.54) is 0 Å². The zero-order valence-corrected chi connectivity index (χ0v) is 14.9. The molecule has 7 nitrogen and oxygen atoms in total. The van der Waals surface area contributed by atoms with Gasteiger partial charge >= 0.3 is 0 Å². The average Bonchev–Trinajstić information content (AvgIpc) is 2.66. The van der Waals surface area contributed by atoms with Crippen LogP contribution in [0.2, 0.25) is 5.15 Å². The van der Waals surface area contributed by atoms with Gasteiger partial charge in [0, 0.05) is 30.6 Å². The van der Waals surface area contributed by atoms with Gasteiger partial charge in [0.1, 0.15) is 24.2 Å². The number of Topliss-reactive ketones (excluding diaryl/α,β-unsaturated/α-hetero) is 1. The van der Waals surface area contributed by atoms with Gasteiger partial charge in [-0.05, 0) is 31.0 Å². The zero-order valence-electron chi connectivity index (χ0n) is 14.2. The lowest BCUT2D eigenvalue weighted by molar-refractivity contribution is 0.0899. The van der Waals surface area contributed by atoms with Crippen LogP contribution in [0.5, 0.6) is 11.5 Å². The van der Waals surface area contributed by atoms with Gasteiger partial charge in [-0.15, -0.1) is 0 Å². The molecule has 2 aliphatic heterocycles. The van der Waals surface area contributed by atoms with Crippen LogP contribution in [0.4, 0.5) is 11.8 Å². The fourth-order valence-electron chi connectivity index (χ4n) is 3.39. The Morgan fingerprint density at radius 3 is 2.58 bits per heavy atom. The maximum atomic E-state index is 12.9. The number of ketones is 1. The first kappa shape index (κ1) is 16.9. The van der Waals surface area contributed by atoms with Crippen molar-refractivity contribution >= 4 is 29.2 Å². The summed E-state index contributed by atoms with van der Waals surface area (Å²) in [5, 5.41) is 0.321. The van der Waals surface area contributed by atoms with Gasteiger partial charge in [0.15, 0.2) is 17.3 Å². The molecular weight excluding hydrogens is 356 g/mol. The molecule has 2 N–H and O–H groups in total. The first-order valence-electron chi connectivity index (χ1n) is 8.59. The van der Waals surface area contributed by atoms with Crippen molar-refractivity contribution in [2.45, 2.75) is 12.8 Å². The Bertz CT molecular complexity index is 817. The third-order valence-corrected chi connectivity index (χ3v) is 4.91. The number of hydrogen-bond donors (Lipinski definition) is 1. The number of nitrogens with two attached hydrogens (primary N) is 1. The molecule has 1 saturated heterocycles. The number of carbonyl (C=O) groups is 1. The molecule has 0 unspecified atom stereocenters. The van der Waals surface area contributed by atoms with E-state index in [4.69, 9.17) is 26.8 Å². The SMILES string of the molecule is Nc1nc(Cl)cc(N2CCC(C(=O)c3ccc4c(c3)OCCO4)CC2)n1. The van der Waals surface area contributed by atoms with Crippen LogP contribution in [0.1, 0.15) is 23.2 Å². The van der Waals surface area contributed by atoms with Crippen molar-refractivity contribution in [3.05, 3.63) is 35.0 Å². The zero-order chi connectivity index (χ0) is 18.1. The van der Waals surface area contributed by atoms with Crippen LogP contribution in [0.25, 0.3) is 0 Å². The summed E-state index contributed by atoms with van der Waals surface area (Å²) in [6, 6.07) is 7.10. The quantitative estimate of drug-likeness (QED) is 0.652. The standard InChI is InChI=1S/C18H19ClN4O3/c19-15-10-16(22-18(20)21-15)23-5-3-11(4-6-23)17(24)12-1-2-13-14(9-12)26-8-7-25-13/h1-2,9-11H,3-8H2,(H2,20,21,22). The first-order chi connectivity index (χ1) is 12.6. The van der Waals surface area contributed by atoms with Crippen molar-refractivity contribution in [3.63, 3.8) is 0 Å². The number of hydrogen-bond acceptors (Lipinski definition) is 7. The van der Waals surface area contributed by atoms with Crippen molar-refractivity contribution in [1.82, 2.24) is 9.97 Å². The summed E-state index contributed by atoms with van der Waals surface area (Å²) in [5.41, 5.74) is 6.33. The second kappa shape index (κ2) is 6.99. The number of halogens is 1. The van der Waals surface area contributed by atoms with E-state index in [1.54, 1.807) is 12.1 Å². The Hall–Kier alpha value is -2.54. The lowest BCUT2D eigenvalue weighted by Crippen LogP contribution is -2.37. The molecule has 0 saturated carbocycles. The Morgan fingerprint density at radius 2 is 1.85 bits per heavy atom. The molecule has 0 aliphatic carbocycles. The number of anilines is 2. The van der Waals surface area contributed by atoms with Crippen LogP contribution in [0.3, 0.4) is 0 Å². The Labute approximate surface area is 156 Å². The van der Waals surface area contributed by atoms with Gasteiger partial charge in [0.2, 0.25) is 5.95 Å². The summed E-state index contributed by atoms with van der Waals surface area (Å²) >= 11 is 5.95. The van der Waals surface area contributed by atoms with E-state index in [-0.39, 0.29) is 17.6 Å². The van der Waals surface area contributed by atoms with Crippen molar-refractivity contribution in [1.29, 1.82) is 0 Å². The molecular formula is C18H19ClN4O3. The normalized spacial score (nSPS) is 17.2. The third-order valence-electron chi connectivity index (χ3n) is 4.72. The molecule has 2 aromatic rings. The van der Waals surface area contributed by atoms with Gasteiger partial charge in [-0.3, -0.25) is 4.79 Å². The third kappa shape index (κ3) is 3.39. The molecule has 1 fully saturated rings. The predicted octanol–water partition coefficient (Wildman–Crippen LogP) is 2.58. The van der Waals surface area contributed by atoms with E-state index < -0.39 is 0 Å². The minimum absolute atomic E-state index is 0.0246. The summed E-state index contributed by atoms with van der Waals surface area (Å²) in [5.74, 6) is 2.31. The summed E-state index contributed by atoms with van der Waals surface area (Å²) in [6.07, 6.45) is 1.49. The molecule has 26 heavy (non-hydrogen) atoms. The summed E-state index contributed by atoms with van der Waals surface area (Å²) in [6.45, 7) is 2.48. The van der Waals surface area contributed by atoms with E-state index in [0.29, 0.717) is 54.3 Å². The molecule has 0 radical (unpaired) electrons. The molecule has 1 aromatic carbocycles. The fourth-order valence-corrected chi connectivity index (χ4v) is 3.57. The monoisotopic (exact) mass is 374 g/mol. The molecule has 3 heterocycles. The average molecular weight is 375 g/mol.